The Morgan fingerprint density at radius 1 is 0.957 bits per heavy atom. The second-order valence-electron chi connectivity index (χ2n) is 5.19. The standard InChI is InChI=1S/C15H23NO7/c17-8-10(18)11(19)12(20)13(21)14(22)15(23)16-7-6-9-4-2-1-3-5-9/h1-5,10-14,17-22H,6-8H2,(H,16,23). The number of carbonyl (C=O) groups is 1. The summed E-state index contributed by atoms with van der Waals surface area (Å²) in [6.07, 6.45) is -9.07. The van der Waals surface area contributed by atoms with Crippen molar-refractivity contribution in [3.8, 4) is 0 Å². The van der Waals surface area contributed by atoms with Crippen LogP contribution in [0.1, 0.15) is 5.56 Å². The van der Waals surface area contributed by atoms with Gasteiger partial charge in [-0.2, -0.15) is 0 Å². The normalized spacial score (nSPS) is 17.8. The molecule has 0 radical (unpaired) electrons. The van der Waals surface area contributed by atoms with Gasteiger partial charge in [0.2, 0.25) is 0 Å². The Balaban J connectivity index is 2.45. The highest BCUT2D eigenvalue weighted by atomic mass is 16.4. The molecule has 0 aliphatic carbocycles. The largest absolute Gasteiger partial charge is 0.394 e. The minimum absolute atomic E-state index is 0.213. The summed E-state index contributed by atoms with van der Waals surface area (Å²) in [6, 6.07) is 9.29. The van der Waals surface area contributed by atoms with Crippen LogP contribution in [0.2, 0.25) is 0 Å². The summed E-state index contributed by atoms with van der Waals surface area (Å²) in [5, 5.41) is 58.6. The molecule has 5 unspecified atom stereocenters. The Hall–Kier alpha value is -1.55. The quantitative estimate of drug-likeness (QED) is 0.257. The number of hydrogen-bond donors (Lipinski definition) is 7. The minimum Gasteiger partial charge on any atom is -0.394 e. The molecule has 0 aromatic heterocycles. The molecular weight excluding hydrogens is 306 g/mol. The second kappa shape index (κ2) is 9.56. The van der Waals surface area contributed by atoms with E-state index in [0.29, 0.717) is 6.42 Å². The van der Waals surface area contributed by atoms with Crippen LogP contribution < -0.4 is 5.32 Å². The van der Waals surface area contributed by atoms with E-state index in [9.17, 15) is 30.3 Å². The van der Waals surface area contributed by atoms with E-state index in [0.717, 1.165) is 5.56 Å². The first-order chi connectivity index (χ1) is 10.9. The van der Waals surface area contributed by atoms with Crippen LogP contribution in [0.5, 0.6) is 0 Å². The molecule has 0 saturated carbocycles. The summed E-state index contributed by atoms with van der Waals surface area (Å²) in [5.41, 5.74) is 0.976. The van der Waals surface area contributed by atoms with Gasteiger partial charge in [-0.3, -0.25) is 4.79 Å². The summed E-state index contributed by atoms with van der Waals surface area (Å²) in [6.45, 7) is -0.630. The van der Waals surface area contributed by atoms with Crippen LogP contribution in [-0.2, 0) is 11.2 Å². The maximum Gasteiger partial charge on any atom is 0.251 e. The first-order valence-corrected chi connectivity index (χ1v) is 7.21. The highest BCUT2D eigenvalue weighted by molar-refractivity contribution is 5.81. The van der Waals surface area contributed by atoms with Gasteiger partial charge in [0, 0.05) is 6.54 Å². The van der Waals surface area contributed by atoms with Crippen molar-refractivity contribution in [3.63, 3.8) is 0 Å². The number of hydrogen-bond acceptors (Lipinski definition) is 7. The zero-order chi connectivity index (χ0) is 17.4. The van der Waals surface area contributed by atoms with Crippen LogP contribution in [-0.4, -0.2) is 80.2 Å². The molecule has 8 heteroatoms. The van der Waals surface area contributed by atoms with E-state index < -0.39 is 43.0 Å². The van der Waals surface area contributed by atoms with Gasteiger partial charge < -0.3 is 36.0 Å². The molecule has 5 atom stereocenters. The van der Waals surface area contributed by atoms with Crippen LogP contribution in [0.4, 0.5) is 0 Å². The summed E-state index contributed by atoms with van der Waals surface area (Å²) in [7, 11) is 0. The van der Waals surface area contributed by atoms with Gasteiger partial charge in [-0.1, -0.05) is 30.3 Å². The number of carbonyl (C=O) groups excluding carboxylic acids is 1. The average molecular weight is 329 g/mol. The Kier molecular flexibility index (Phi) is 8.10. The van der Waals surface area contributed by atoms with Crippen molar-refractivity contribution >= 4 is 5.91 Å². The van der Waals surface area contributed by atoms with E-state index in [4.69, 9.17) is 5.11 Å². The molecule has 1 rings (SSSR count). The Labute approximate surface area is 133 Å². The number of nitrogens with one attached hydrogen (secondary N) is 1. The molecule has 0 aliphatic heterocycles. The summed E-state index contributed by atoms with van der Waals surface area (Å²) >= 11 is 0. The van der Waals surface area contributed by atoms with Gasteiger partial charge in [0.1, 0.15) is 24.4 Å². The summed E-state index contributed by atoms with van der Waals surface area (Å²) in [4.78, 5) is 11.7. The molecule has 8 nitrogen and oxygen atoms in total. The summed E-state index contributed by atoms with van der Waals surface area (Å²) in [5.74, 6) is -0.918. The third kappa shape index (κ3) is 5.87. The number of aliphatic hydroxyl groups is 6. The van der Waals surface area contributed by atoms with Crippen molar-refractivity contribution in [2.24, 2.45) is 0 Å². The van der Waals surface area contributed by atoms with Crippen molar-refractivity contribution < 1.29 is 35.4 Å². The van der Waals surface area contributed by atoms with Crippen LogP contribution in [0.25, 0.3) is 0 Å². The fourth-order valence-electron chi connectivity index (χ4n) is 1.96. The van der Waals surface area contributed by atoms with E-state index in [1.54, 1.807) is 0 Å². The van der Waals surface area contributed by atoms with Crippen LogP contribution in [0, 0.1) is 0 Å². The zero-order valence-electron chi connectivity index (χ0n) is 12.5. The van der Waals surface area contributed by atoms with Gasteiger partial charge in [-0.25, -0.2) is 0 Å². The molecule has 0 fully saturated rings. The number of rotatable bonds is 9. The van der Waals surface area contributed by atoms with Crippen LogP contribution >= 0.6 is 0 Å². The Bertz CT molecular complexity index is 470. The average Bonchev–Trinajstić information content (AvgIpc) is 2.59. The second-order valence-corrected chi connectivity index (χ2v) is 5.19. The molecule has 1 aromatic rings. The number of aliphatic hydroxyl groups excluding tert-OH is 6. The maximum absolute atomic E-state index is 11.7. The van der Waals surface area contributed by atoms with Crippen molar-refractivity contribution in [1.82, 2.24) is 5.32 Å². The number of amides is 1. The van der Waals surface area contributed by atoms with E-state index in [2.05, 4.69) is 5.32 Å². The SMILES string of the molecule is O=C(NCCc1ccccc1)C(O)C(O)C(O)C(O)C(O)CO. The molecule has 0 saturated heterocycles. The smallest absolute Gasteiger partial charge is 0.251 e. The van der Waals surface area contributed by atoms with Gasteiger partial charge in [-0.05, 0) is 12.0 Å². The zero-order valence-corrected chi connectivity index (χ0v) is 12.5. The molecule has 0 bridgehead atoms. The summed E-state index contributed by atoms with van der Waals surface area (Å²) < 4.78 is 0. The molecular formula is C15H23NO7. The van der Waals surface area contributed by atoms with Gasteiger partial charge in [-0.15, -0.1) is 0 Å². The van der Waals surface area contributed by atoms with E-state index >= 15 is 0 Å². The molecule has 7 N–H and O–H groups in total. The Morgan fingerprint density at radius 2 is 1.57 bits per heavy atom. The van der Waals surface area contributed by atoms with E-state index in [-0.39, 0.29) is 6.54 Å². The van der Waals surface area contributed by atoms with Gasteiger partial charge in [0.05, 0.1) is 6.61 Å². The number of benzene rings is 1. The fraction of sp³-hybridized carbons (Fsp3) is 0.533. The van der Waals surface area contributed by atoms with E-state index in [1.807, 2.05) is 30.3 Å². The lowest BCUT2D eigenvalue weighted by Gasteiger charge is -2.27. The first kappa shape index (κ1) is 19.5. The lowest BCUT2D eigenvalue weighted by molar-refractivity contribution is -0.156. The van der Waals surface area contributed by atoms with E-state index in [1.165, 1.54) is 0 Å². The van der Waals surface area contributed by atoms with Gasteiger partial charge in [0.15, 0.2) is 6.10 Å². The third-order valence-corrected chi connectivity index (χ3v) is 3.43. The molecule has 23 heavy (non-hydrogen) atoms. The maximum atomic E-state index is 11.7. The molecule has 130 valence electrons. The predicted octanol–water partition coefficient (Wildman–Crippen LogP) is -2.86. The molecule has 0 heterocycles. The topological polar surface area (TPSA) is 150 Å². The third-order valence-electron chi connectivity index (χ3n) is 3.43. The fourth-order valence-corrected chi connectivity index (χ4v) is 1.96. The molecule has 1 aromatic carbocycles. The molecule has 1 amide bonds. The van der Waals surface area contributed by atoms with Crippen LogP contribution in [0.3, 0.4) is 0 Å². The highest BCUT2D eigenvalue weighted by Crippen LogP contribution is 2.09. The van der Waals surface area contributed by atoms with Crippen molar-refractivity contribution in [1.29, 1.82) is 0 Å². The molecule has 0 aliphatic rings. The van der Waals surface area contributed by atoms with Crippen LogP contribution in [0.15, 0.2) is 30.3 Å². The highest BCUT2D eigenvalue weighted by Gasteiger charge is 2.36. The lowest BCUT2D eigenvalue weighted by Crippen LogP contribution is -2.54. The van der Waals surface area contributed by atoms with Gasteiger partial charge in [0.25, 0.3) is 5.91 Å². The monoisotopic (exact) mass is 329 g/mol. The van der Waals surface area contributed by atoms with Gasteiger partial charge >= 0.3 is 0 Å². The Morgan fingerprint density at radius 3 is 2.13 bits per heavy atom. The van der Waals surface area contributed by atoms with Crippen molar-refractivity contribution in [3.05, 3.63) is 35.9 Å². The first-order valence-electron chi connectivity index (χ1n) is 7.21. The van der Waals surface area contributed by atoms with Crippen molar-refractivity contribution in [2.45, 2.75) is 36.9 Å². The minimum atomic E-state index is -2.01. The van der Waals surface area contributed by atoms with Crippen molar-refractivity contribution in [2.75, 3.05) is 13.2 Å². The lowest BCUT2D eigenvalue weighted by atomic mass is 9.99. The predicted molar refractivity (Wildman–Crippen MR) is 80.3 cm³/mol. The molecule has 0 spiro atoms.